The van der Waals surface area contributed by atoms with Gasteiger partial charge in [-0.3, -0.25) is 14.5 Å². The molecule has 7 heteroatoms. The van der Waals surface area contributed by atoms with Gasteiger partial charge in [0.25, 0.3) is 0 Å². The Labute approximate surface area is 170 Å². The number of benzene rings is 1. The summed E-state index contributed by atoms with van der Waals surface area (Å²) in [4.78, 5) is 29.7. The maximum absolute atomic E-state index is 12.3. The van der Waals surface area contributed by atoms with Crippen LogP contribution in [-0.2, 0) is 17.8 Å². The average molecular weight is 400 g/mol. The highest BCUT2D eigenvalue weighted by atomic mass is 16.5. The molecule has 7 nitrogen and oxygen atoms in total. The molecule has 1 aliphatic rings. The number of H-pyrrole nitrogens is 1. The van der Waals surface area contributed by atoms with E-state index in [1.807, 2.05) is 17.0 Å². The fraction of sp³-hybridized carbons (Fsp3) is 0.455. The molecule has 0 bridgehead atoms. The topological polar surface area (TPSA) is 103 Å². The Balaban J connectivity index is 1.88. The standard InChI is InChI=1S/C22H28N2O5/c1-14-11-23-18(15(2)20(14)26)12-24-8-7-19(25)22(13-24,21(27)28)10-16-5-4-6-17(9-16)29-3/h4-6,9,11,19,25H,7-8,10,12-13H2,1-3H3,(H,23,26)(H,27,28)/t19-,22-/m1/s1. The first-order valence-corrected chi connectivity index (χ1v) is 9.71. The second-order valence-electron chi connectivity index (χ2n) is 7.91. The van der Waals surface area contributed by atoms with Crippen LogP contribution in [0.1, 0.15) is 28.8 Å². The fourth-order valence-corrected chi connectivity index (χ4v) is 4.10. The summed E-state index contributed by atoms with van der Waals surface area (Å²) >= 11 is 0. The Hall–Kier alpha value is -2.64. The number of carboxylic acids is 1. The highest BCUT2D eigenvalue weighted by molar-refractivity contribution is 5.76. The molecule has 0 amide bonds. The van der Waals surface area contributed by atoms with Crippen LogP contribution in [0.3, 0.4) is 0 Å². The Kier molecular flexibility index (Phi) is 6.10. The molecule has 0 saturated carbocycles. The second-order valence-corrected chi connectivity index (χ2v) is 7.91. The molecule has 0 radical (unpaired) electrons. The molecule has 1 saturated heterocycles. The van der Waals surface area contributed by atoms with Gasteiger partial charge < -0.3 is 19.9 Å². The number of carbonyl (C=O) groups is 1. The van der Waals surface area contributed by atoms with E-state index in [9.17, 15) is 19.8 Å². The number of aliphatic carboxylic acids is 1. The van der Waals surface area contributed by atoms with Crippen molar-refractivity contribution in [2.75, 3.05) is 20.2 Å². The van der Waals surface area contributed by atoms with Crippen molar-refractivity contribution in [2.24, 2.45) is 5.41 Å². The summed E-state index contributed by atoms with van der Waals surface area (Å²) in [5.74, 6) is -0.371. The third-order valence-electron chi connectivity index (χ3n) is 5.94. The SMILES string of the molecule is COc1cccc(C[C@@]2(C(=O)O)CN(Cc3[nH]cc(C)c(=O)c3C)CC[C@H]2O)c1. The summed E-state index contributed by atoms with van der Waals surface area (Å²) in [6.45, 7) is 4.72. The number of nitrogens with zero attached hydrogens (tertiary/aromatic N) is 1. The first-order chi connectivity index (χ1) is 13.8. The Morgan fingerprint density at radius 3 is 2.83 bits per heavy atom. The van der Waals surface area contributed by atoms with Gasteiger partial charge in [-0.25, -0.2) is 0 Å². The molecule has 2 atom stereocenters. The average Bonchev–Trinajstić information content (AvgIpc) is 2.71. The molecule has 0 spiro atoms. The number of likely N-dealkylation sites (tertiary alicyclic amines) is 1. The first-order valence-electron chi connectivity index (χ1n) is 9.71. The van der Waals surface area contributed by atoms with Crippen LogP contribution in [0.15, 0.2) is 35.3 Å². The summed E-state index contributed by atoms with van der Waals surface area (Å²) in [5, 5.41) is 20.8. The van der Waals surface area contributed by atoms with Gasteiger partial charge >= 0.3 is 5.97 Å². The number of aryl methyl sites for hydroxylation is 1. The smallest absolute Gasteiger partial charge is 0.313 e. The lowest BCUT2D eigenvalue weighted by Crippen LogP contribution is -2.57. The van der Waals surface area contributed by atoms with E-state index in [0.29, 0.717) is 36.4 Å². The summed E-state index contributed by atoms with van der Waals surface area (Å²) in [6, 6.07) is 7.27. The molecule has 1 fully saturated rings. The molecule has 2 heterocycles. The number of piperidine rings is 1. The van der Waals surface area contributed by atoms with E-state index in [1.54, 1.807) is 39.3 Å². The highest BCUT2D eigenvalue weighted by Crippen LogP contribution is 2.36. The minimum Gasteiger partial charge on any atom is -0.497 e. The van der Waals surface area contributed by atoms with Gasteiger partial charge in [0.05, 0.1) is 13.2 Å². The van der Waals surface area contributed by atoms with Crippen LogP contribution in [0.25, 0.3) is 0 Å². The molecule has 1 aromatic heterocycles. The van der Waals surface area contributed by atoms with Gasteiger partial charge in [-0.05, 0) is 44.4 Å². The molecular weight excluding hydrogens is 372 g/mol. The van der Waals surface area contributed by atoms with Gasteiger partial charge in [0.1, 0.15) is 11.2 Å². The molecule has 1 aliphatic heterocycles. The van der Waals surface area contributed by atoms with E-state index in [4.69, 9.17) is 4.74 Å². The van der Waals surface area contributed by atoms with Gasteiger partial charge in [-0.2, -0.15) is 0 Å². The highest BCUT2D eigenvalue weighted by Gasteiger charge is 2.49. The minimum atomic E-state index is -1.33. The number of carboxylic acid groups (broad SMARTS) is 1. The third kappa shape index (κ3) is 4.21. The van der Waals surface area contributed by atoms with Crippen molar-refractivity contribution in [3.63, 3.8) is 0 Å². The Bertz CT molecular complexity index is 954. The molecule has 0 aliphatic carbocycles. The lowest BCUT2D eigenvalue weighted by atomic mass is 9.72. The first kappa shape index (κ1) is 21.1. The summed E-state index contributed by atoms with van der Waals surface area (Å²) in [5.41, 5.74) is 1.54. The minimum absolute atomic E-state index is 0.00308. The van der Waals surface area contributed by atoms with Gasteiger partial charge in [0.2, 0.25) is 0 Å². The van der Waals surface area contributed by atoms with Gasteiger partial charge in [-0.15, -0.1) is 0 Å². The molecule has 2 aromatic rings. The zero-order valence-corrected chi connectivity index (χ0v) is 17.1. The second kappa shape index (κ2) is 8.39. The van der Waals surface area contributed by atoms with E-state index in [0.717, 1.165) is 11.3 Å². The van der Waals surface area contributed by atoms with Crippen molar-refractivity contribution in [3.05, 3.63) is 63.1 Å². The van der Waals surface area contributed by atoms with Gasteiger partial charge in [0.15, 0.2) is 5.43 Å². The largest absolute Gasteiger partial charge is 0.497 e. The number of ether oxygens (including phenoxy) is 1. The van der Waals surface area contributed by atoms with Crippen molar-refractivity contribution in [1.29, 1.82) is 0 Å². The van der Waals surface area contributed by atoms with E-state index in [2.05, 4.69) is 4.98 Å². The van der Waals surface area contributed by atoms with Crippen LogP contribution in [0.4, 0.5) is 0 Å². The van der Waals surface area contributed by atoms with Crippen LogP contribution in [-0.4, -0.2) is 52.4 Å². The Morgan fingerprint density at radius 1 is 1.38 bits per heavy atom. The van der Waals surface area contributed by atoms with Crippen molar-refractivity contribution in [3.8, 4) is 5.75 Å². The zero-order valence-electron chi connectivity index (χ0n) is 17.1. The molecule has 0 unspecified atom stereocenters. The molecular formula is C22H28N2O5. The number of aromatic amines is 1. The van der Waals surface area contributed by atoms with Crippen LogP contribution in [0.5, 0.6) is 5.75 Å². The molecule has 3 N–H and O–H groups in total. The molecule has 156 valence electrons. The predicted octanol–water partition coefficient (Wildman–Crippen LogP) is 1.88. The van der Waals surface area contributed by atoms with Gasteiger partial charge in [0, 0.05) is 42.7 Å². The Morgan fingerprint density at radius 2 is 2.14 bits per heavy atom. The van der Waals surface area contributed by atoms with E-state index >= 15 is 0 Å². The van der Waals surface area contributed by atoms with Gasteiger partial charge in [-0.1, -0.05) is 12.1 Å². The quantitative estimate of drug-likeness (QED) is 0.684. The molecule has 3 rings (SSSR count). The van der Waals surface area contributed by atoms with Crippen LogP contribution < -0.4 is 10.2 Å². The predicted molar refractivity (Wildman–Crippen MR) is 109 cm³/mol. The fourth-order valence-electron chi connectivity index (χ4n) is 4.10. The number of methoxy groups -OCH3 is 1. The number of nitrogens with one attached hydrogen (secondary N) is 1. The summed E-state index contributed by atoms with van der Waals surface area (Å²) in [6.07, 6.45) is 1.27. The number of rotatable bonds is 6. The number of hydrogen-bond donors (Lipinski definition) is 3. The number of aliphatic hydroxyl groups is 1. The summed E-state index contributed by atoms with van der Waals surface area (Å²) in [7, 11) is 1.56. The molecule has 1 aromatic carbocycles. The van der Waals surface area contributed by atoms with Crippen LogP contribution >= 0.6 is 0 Å². The van der Waals surface area contributed by atoms with Crippen molar-refractivity contribution in [1.82, 2.24) is 9.88 Å². The number of pyridine rings is 1. The third-order valence-corrected chi connectivity index (χ3v) is 5.94. The van der Waals surface area contributed by atoms with E-state index in [1.165, 1.54) is 0 Å². The lowest BCUT2D eigenvalue weighted by Gasteiger charge is -2.43. The van der Waals surface area contributed by atoms with Crippen LogP contribution in [0, 0.1) is 19.3 Å². The maximum Gasteiger partial charge on any atom is 0.313 e. The maximum atomic E-state index is 12.3. The van der Waals surface area contributed by atoms with Crippen molar-refractivity contribution in [2.45, 2.75) is 39.3 Å². The zero-order chi connectivity index (χ0) is 21.2. The molecule has 29 heavy (non-hydrogen) atoms. The number of aliphatic hydroxyl groups excluding tert-OH is 1. The van der Waals surface area contributed by atoms with Crippen molar-refractivity contribution < 1.29 is 19.7 Å². The van der Waals surface area contributed by atoms with Crippen LogP contribution in [0.2, 0.25) is 0 Å². The normalized spacial score (nSPS) is 22.4. The monoisotopic (exact) mass is 400 g/mol. The van der Waals surface area contributed by atoms with Crippen molar-refractivity contribution >= 4 is 5.97 Å². The number of aromatic nitrogens is 1. The lowest BCUT2D eigenvalue weighted by molar-refractivity contribution is -0.163. The number of hydrogen-bond acceptors (Lipinski definition) is 5. The van der Waals surface area contributed by atoms with E-state index < -0.39 is 17.5 Å². The summed E-state index contributed by atoms with van der Waals surface area (Å²) < 4.78 is 5.24. The van der Waals surface area contributed by atoms with E-state index in [-0.39, 0.29) is 18.4 Å².